The van der Waals surface area contributed by atoms with Crippen LogP contribution in [0.25, 0.3) is 0 Å². The van der Waals surface area contributed by atoms with Gasteiger partial charge in [0.05, 0.1) is 4.92 Å². The first-order valence-electron chi connectivity index (χ1n) is 6.56. The smallest absolute Gasteiger partial charge is 0.292 e. The highest BCUT2D eigenvalue weighted by Gasteiger charge is 2.14. The molecule has 1 aromatic rings. The Morgan fingerprint density at radius 3 is 2.72 bits per heavy atom. The summed E-state index contributed by atoms with van der Waals surface area (Å²) in [5.41, 5.74) is 1.82. The van der Waals surface area contributed by atoms with Gasteiger partial charge in [-0.3, -0.25) is 10.1 Å². The first-order valence-corrected chi connectivity index (χ1v) is 6.56. The van der Waals surface area contributed by atoms with Gasteiger partial charge >= 0.3 is 0 Å². The predicted octanol–water partition coefficient (Wildman–Crippen LogP) is 4.28. The van der Waals surface area contributed by atoms with Gasteiger partial charge in [0.1, 0.15) is 5.69 Å². The highest BCUT2D eigenvalue weighted by Crippen LogP contribution is 2.26. The summed E-state index contributed by atoms with van der Waals surface area (Å²) in [7, 11) is 0. The Morgan fingerprint density at radius 2 is 2.11 bits per heavy atom. The largest absolute Gasteiger partial charge is 0.377 e. The molecule has 1 N–H and O–H groups in total. The molecule has 4 nitrogen and oxygen atoms in total. The van der Waals surface area contributed by atoms with Crippen molar-refractivity contribution in [3.63, 3.8) is 0 Å². The molecule has 1 unspecified atom stereocenters. The Hall–Kier alpha value is -1.58. The van der Waals surface area contributed by atoms with Gasteiger partial charge in [-0.1, -0.05) is 32.3 Å². The molecule has 1 aromatic carbocycles. The van der Waals surface area contributed by atoms with E-state index in [1.54, 1.807) is 12.1 Å². The highest BCUT2D eigenvalue weighted by atomic mass is 16.6. The van der Waals surface area contributed by atoms with Crippen molar-refractivity contribution in [2.75, 3.05) is 5.32 Å². The Kier molecular flexibility index (Phi) is 5.62. The van der Waals surface area contributed by atoms with E-state index in [9.17, 15) is 10.1 Å². The van der Waals surface area contributed by atoms with Crippen LogP contribution in [0.3, 0.4) is 0 Å². The zero-order valence-corrected chi connectivity index (χ0v) is 11.4. The van der Waals surface area contributed by atoms with Crippen LogP contribution in [0, 0.1) is 17.0 Å². The molecule has 0 spiro atoms. The number of rotatable bonds is 7. The van der Waals surface area contributed by atoms with Gasteiger partial charge in [0, 0.05) is 12.1 Å². The van der Waals surface area contributed by atoms with Gasteiger partial charge < -0.3 is 5.32 Å². The highest BCUT2D eigenvalue weighted by molar-refractivity contribution is 5.63. The number of nitro groups is 1. The summed E-state index contributed by atoms with van der Waals surface area (Å²) in [4.78, 5) is 10.6. The third kappa shape index (κ3) is 4.35. The molecule has 0 heterocycles. The molecule has 0 bridgehead atoms. The SMILES string of the molecule is CCCCCC(C)Nc1cc(C)ccc1[N+](=O)[O-]. The second kappa shape index (κ2) is 6.99. The Labute approximate surface area is 109 Å². The number of anilines is 1. The Bertz CT molecular complexity index is 405. The fourth-order valence-corrected chi connectivity index (χ4v) is 1.96. The number of hydrogen-bond donors (Lipinski definition) is 1. The molecular weight excluding hydrogens is 228 g/mol. The van der Waals surface area contributed by atoms with Crippen LogP contribution in [-0.2, 0) is 0 Å². The summed E-state index contributed by atoms with van der Waals surface area (Å²) in [5.74, 6) is 0. The Morgan fingerprint density at radius 1 is 1.39 bits per heavy atom. The van der Waals surface area contributed by atoms with Gasteiger partial charge in [0.2, 0.25) is 0 Å². The predicted molar refractivity (Wildman–Crippen MR) is 75.1 cm³/mol. The lowest BCUT2D eigenvalue weighted by Crippen LogP contribution is -2.16. The Balaban J connectivity index is 2.70. The minimum absolute atomic E-state index is 0.156. The zero-order valence-electron chi connectivity index (χ0n) is 11.4. The van der Waals surface area contributed by atoms with Crippen LogP contribution in [0.2, 0.25) is 0 Å². The summed E-state index contributed by atoms with van der Waals surface area (Å²) in [6.45, 7) is 6.18. The number of nitrogens with zero attached hydrogens (tertiary/aromatic N) is 1. The van der Waals surface area contributed by atoms with E-state index in [4.69, 9.17) is 0 Å². The van der Waals surface area contributed by atoms with E-state index in [2.05, 4.69) is 19.2 Å². The lowest BCUT2D eigenvalue weighted by atomic mass is 10.1. The topological polar surface area (TPSA) is 55.2 Å². The number of unbranched alkanes of at least 4 members (excludes halogenated alkanes) is 2. The molecule has 100 valence electrons. The average molecular weight is 250 g/mol. The third-order valence-electron chi connectivity index (χ3n) is 2.99. The van der Waals surface area contributed by atoms with Crippen LogP contribution in [0.5, 0.6) is 0 Å². The maximum absolute atomic E-state index is 10.9. The fraction of sp³-hybridized carbons (Fsp3) is 0.571. The summed E-state index contributed by atoms with van der Waals surface area (Å²) < 4.78 is 0. The molecule has 1 rings (SSSR count). The van der Waals surface area contributed by atoms with E-state index in [0.717, 1.165) is 18.4 Å². The molecule has 4 heteroatoms. The molecule has 0 fully saturated rings. The van der Waals surface area contributed by atoms with Crippen molar-refractivity contribution in [2.45, 2.75) is 52.5 Å². The zero-order chi connectivity index (χ0) is 13.5. The van der Waals surface area contributed by atoms with E-state index in [1.165, 1.54) is 12.8 Å². The number of nitro benzene ring substituents is 1. The summed E-state index contributed by atoms with van der Waals surface area (Å²) in [6, 6.07) is 5.44. The first kappa shape index (κ1) is 14.5. The van der Waals surface area contributed by atoms with E-state index in [0.29, 0.717) is 5.69 Å². The van der Waals surface area contributed by atoms with Gasteiger partial charge in [0.25, 0.3) is 5.69 Å². The molecule has 0 aliphatic carbocycles. The third-order valence-corrected chi connectivity index (χ3v) is 2.99. The maximum Gasteiger partial charge on any atom is 0.292 e. The molecule has 0 aromatic heterocycles. The van der Waals surface area contributed by atoms with E-state index in [1.807, 2.05) is 13.0 Å². The lowest BCUT2D eigenvalue weighted by molar-refractivity contribution is -0.384. The van der Waals surface area contributed by atoms with Gasteiger partial charge in [-0.25, -0.2) is 0 Å². The van der Waals surface area contributed by atoms with E-state index < -0.39 is 0 Å². The van der Waals surface area contributed by atoms with Crippen LogP contribution in [0.15, 0.2) is 18.2 Å². The van der Waals surface area contributed by atoms with Gasteiger partial charge in [-0.15, -0.1) is 0 Å². The molecule has 0 saturated carbocycles. The first-order chi connectivity index (χ1) is 8.54. The summed E-state index contributed by atoms with van der Waals surface area (Å²) in [5, 5.41) is 14.2. The van der Waals surface area contributed by atoms with Crippen molar-refractivity contribution in [3.05, 3.63) is 33.9 Å². The second-order valence-corrected chi connectivity index (χ2v) is 4.82. The number of nitrogens with one attached hydrogen (secondary N) is 1. The van der Waals surface area contributed by atoms with E-state index >= 15 is 0 Å². The number of hydrogen-bond acceptors (Lipinski definition) is 3. The molecule has 0 radical (unpaired) electrons. The molecule has 18 heavy (non-hydrogen) atoms. The van der Waals surface area contributed by atoms with Crippen molar-refractivity contribution < 1.29 is 4.92 Å². The van der Waals surface area contributed by atoms with Gasteiger partial charge in [-0.05, 0) is 31.9 Å². The van der Waals surface area contributed by atoms with Crippen molar-refractivity contribution in [1.82, 2.24) is 0 Å². The minimum atomic E-state index is -0.333. The molecule has 0 saturated heterocycles. The molecule has 0 aliphatic heterocycles. The standard InChI is InChI=1S/C14H22N2O2/c1-4-5-6-7-12(3)15-13-10-11(2)8-9-14(13)16(17)18/h8-10,12,15H,4-7H2,1-3H3. The van der Waals surface area contributed by atoms with Gasteiger partial charge in [-0.2, -0.15) is 0 Å². The van der Waals surface area contributed by atoms with E-state index in [-0.39, 0.29) is 16.7 Å². The fourth-order valence-electron chi connectivity index (χ4n) is 1.96. The maximum atomic E-state index is 10.9. The minimum Gasteiger partial charge on any atom is -0.377 e. The summed E-state index contributed by atoms with van der Waals surface area (Å²) in [6.07, 6.45) is 4.60. The molecule has 1 atom stereocenters. The quantitative estimate of drug-likeness (QED) is 0.446. The van der Waals surface area contributed by atoms with Crippen molar-refractivity contribution in [3.8, 4) is 0 Å². The average Bonchev–Trinajstić information content (AvgIpc) is 2.29. The molecule has 0 aliphatic rings. The second-order valence-electron chi connectivity index (χ2n) is 4.82. The normalized spacial score (nSPS) is 12.2. The molecule has 0 amide bonds. The lowest BCUT2D eigenvalue weighted by Gasteiger charge is -2.15. The molecular formula is C14H22N2O2. The van der Waals surface area contributed by atoms with Gasteiger partial charge in [0.15, 0.2) is 0 Å². The van der Waals surface area contributed by atoms with Crippen molar-refractivity contribution in [1.29, 1.82) is 0 Å². The van der Waals surface area contributed by atoms with Crippen LogP contribution in [0.4, 0.5) is 11.4 Å². The van der Waals surface area contributed by atoms with Crippen LogP contribution >= 0.6 is 0 Å². The van der Waals surface area contributed by atoms with Crippen LogP contribution < -0.4 is 5.32 Å². The summed E-state index contributed by atoms with van der Waals surface area (Å²) >= 11 is 0. The number of benzene rings is 1. The van der Waals surface area contributed by atoms with Crippen molar-refractivity contribution in [2.24, 2.45) is 0 Å². The van der Waals surface area contributed by atoms with Crippen molar-refractivity contribution >= 4 is 11.4 Å². The van der Waals surface area contributed by atoms with Crippen LogP contribution in [0.1, 0.15) is 45.1 Å². The van der Waals surface area contributed by atoms with Crippen LogP contribution in [-0.4, -0.2) is 11.0 Å². The monoisotopic (exact) mass is 250 g/mol. The number of aryl methyl sites for hydroxylation is 1.